The second kappa shape index (κ2) is 14.3. The summed E-state index contributed by atoms with van der Waals surface area (Å²) in [6.07, 6.45) is -3.50. The number of nitrogens with zero attached hydrogens (tertiary/aromatic N) is 5. The molecule has 3 aromatic carbocycles. The number of carbonyl (C=O) groups excluding carboxylic acids is 2. The number of aliphatic imine (C=N–C) groups is 1. The highest BCUT2D eigenvalue weighted by molar-refractivity contribution is 8.15. The van der Waals surface area contributed by atoms with E-state index >= 15 is 0 Å². The summed E-state index contributed by atoms with van der Waals surface area (Å²) in [5.74, 6) is 0.557. The summed E-state index contributed by atoms with van der Waals surface area (Å²) < 4.78 is 54.3. The minimum atomic E-state index is -4.77. The molecule has 2 unspecified atom stereocenters. The lowest BCUT2D eigenvalue weighted by Gasteiger charge is -2.22. The maximum absolute atomic E-state index is 12.9. The van der Waals surface area contributed by atoms with Gasteiger partial charge in [-0.15, -0.1) is 18.3 Å². The number of rotatable bonds is 10. The number of benzene rings is 3. The Hall–Kier alpha value is -4.85. The summed E-state index contributed by atoms with van der Waals surface area (Å²) in [7, 11) is 0. The van der Waals surface area contributed by atoms with Crippen LogP contribution in [0.4, 0.5) is 23.7 Å². The normalized spacial score (nSPS) is 15.5. The summed E-state index contributed by atoms with van der Waals surface area (Å²) in [4.78, 5) is 35.5. The molecule has 0 aliphatic carbocycles. The number of thioether (sulfide) groups is 1. The van der Waals surface area contributed by atoms with Crippen molar-refractivity contribution in [2.24, 2.45) is 4.99 Å². The van der Waals surface area contributed by atoms with Gasteiger partial charge < -0.3 is 14.2 Å². The zero-order valence-corrected chi connectivity index (χ0v) is 26.8. The van der Waals surface area contributed by atoms with Crippen molar-refractivity contribution < 1.29 is 37.0 Å². The van der Waals surface area contributed by atoms with E-state index in [0.717, 1.165) is 34.9 Å². The fraction of sp³-hybridized carbons (Fsp3) is 0.303. The Morgan fingerprint density at radius 3 is 2.45 bits per heavy atom. The molecule has 14 heteroatoms. The molecule has 1 aliphatic heterocycles. The zero-order valence-electron chi connectivity index (χ0n) is 26.0. The van der Waals surface area contributed by atoms with Gasteiger partial charge in [0.05, 0.1) is 23.2 Å². The van der Waals surface area contributed by atoms with E-state index in [9.17, 15) is 22.8 Å². The maximum atomic E-state index is 12.9. The van der Waals surface area contributed by atoms with Gasteiger partial charge in [-0.1, -0.05) is 49.0 Å². The van der Waals surface area contributed by atoms with Gasteiger partial charge in [-0.25, -0.2) is 14.5 Å². The van der Waals surface area contributed by atoms with Crippen molar-refractivity contribution in [1.82, 2.24) is 14.8 Å². The number of amidine groups is 1. The Morgan fingerprint density at radius 2 is 1.77 bits per heavy atom. The Morgan fingerprint density at radius 1 is 1.04 bits per heavy atom. The lowest BCUT2D eigenvalue weighted by molar-refractivity contribution is -0.274. The number of halogens is 3. The number of hydrogen-bond donors (Lipinski definition) is 0. The lowest BCUT2D eigenvalue weighted by Crippen LogP contribution is -2.31. The van der Waals surface area contributed by atoms with Gasteiger partial charge in [0, 0.05) is 12.0 Å². The zero-order chi connectivity index (χ0) is 33.7. The largest absolute Gasteiger partial charge is 0.573 e. The summed E-state index contributed by atoms with van der Waals surface area (Å²) in [5.41, 5.74) is 3.58. The van der Waals surface area contributed by atoms with Crippen molar-refractivity contribution >= 4 is 34.6 Å². The summed E-state index contributed by atoms with van der Waals surface area (Å²) in [5, 5.41) is 4.65. The number of carbonyl (C=O) groups is 2. The molecule has 246 valence electrons. The summed E-state index contributed by atoms with van der Waals surface area (Å²) in [6.45, 7) is 7.62. The molecule has 2 amide bonds. The van der Waals surface area contributed by atoms with E-state index in [4.69, 9.17) is 9.47 Å². The Balaban J connectivity index is 1.20. The van der Waals surface area contributed by atoms with Crippen molar-refractivity contribution in [3.05, 3.63) is 84.2 Å². The van der Waals surface area contributed by atoms with E-state index in [-0.39, 0.29) is 28.7 Å². The first-order valence-corrected chi connectivity index (χ1v) is 15.8. The van der Waals surface area contributed by atoms with E-state index < -0.39 is 18.6 Å². The van der Waals surface area contributed by atoms with Crippen LogP contribution in [0.25, 0.3) is 17.1 Å². The first kappa shape index (κ1) is 33.5. The molecule has 10 nitrogen and oxygen atoms in total. The van der Waals surface area contributed by atoms with Gasteiger partial charge >= 0.3 is 12.5 Å². The molecule has 0 radical (unpaired) electrons. The highest BCUT2D eigenvalue weighted by Gasteiger charge is 2.33. The smallest absolute Gasteiger partial charge is 0.489 e. The SMILES string of the molecule is CCC(C)Oc1ccc(C)cc1N1C(=O)CSC1=NC(=O)OC(C)Cc1ccc(-c2ncn(-c3ccc(OC(F)(F)F)cc3)n2)cc1. The van der Waals surface area contributed by atoms with E-state index in [1.54, 1.807) is 6.92 Å². The average Bonchev–Trinajstić information content (AvgIpc) is 3.65. The molecule has 2 atom stereocenters. The second-order valence-electron chi connectivity index (χ2n) is 10.9. The second-order valence-corrected chi connectivity index (χ2v) is 11.8. The topological polar surface area (TPSA) is 108 Å². The standard InChI is InChI=1S/C33H32F3N5O5S/c1-5-21(3)44-28-15-6-20(2)16-27(28)41-29(42)18-47-31(41)38-32(43)45-22(4)17-23-7-9-24(10-8-23)30-37-19-40(39-30)25-11-13-26(14-12-25)46-33(34,35)36/h6-16,19,21-22H,5,17-18H2,1-4H3. The fourth-order valence-electron chi connectivity index (χ4n) is 4.64. The average molecular weight is 668 g/mol. The van der Waals surface area contributed by atoms with Gasteiger partial charge in [0.1, 0.15) is 23.9 Å². The van der Waals surface area contributed by atoms with E-state index in [1.165, 1.54) is 40.2 Å². The van der Waals surface area contributed by atoms with Crippen LogP contribution in [0.2, 0.25) is 0 Å². The fourth-order valence-corrected chi connectivity index (χ4v) is 5.49. The van der Waals surface area contributed by atoms with E-state index in [2.05, 4.69) is 19.8 Å². The van der Waals surface area contributed by atoms with Crippen molar-refractivity contribution in [3.63, 3.8) is 0 Å². The minimum Gasteiger partial charge on any atom is -0.489 e. The Bertz CT molecular complexity index is 1760. The third-order valence-electron chi connectivity index (χ3n) is 7.07. The molecule has 0 N–H and O–H groups in total. The molecule has 2 heterocycles. The Kier molecular flexibility index (Phi) is 10.2. The first-order valence-electron chi connectivity index (χ1n) is 14.8. The molecular formula is C33H32F3N5O5S. The van der Waals surface area contributed by atoms with E-state index in [1.807, 2.05) is 63.2 Å². The van der Waals surface area contributed by atoms with Crippen LogP contribution in [0.5, 0.6) is 11.5 Å². The maximum Gasteiger partial charge on any atom is 0.573 e. The van der Waals surface area contributed by atoms with Crippen molar-refractivity contribution in [1.29, 1.82) is 0 Å². The van der Waals surface area contributed by atoms with Crippen LogP contribution < -0.4 is 14.4 Å². The number of hydrogen-bond acceptors (Lipinski definition) is 8. The van der Waals surface area contributed by atoms with Crippen LogP contribution in [0.15, 0.2) is 78.0 Å². The number of amides is 2. The molecule has 1 fully saturated rings. The third kappa shape index (κ3) is 8.70. The molecule has 0 saturated carbocycles. The number of aryl methyl sites for hydroxylation is 1. The van der Waals surface area contributed by atoms with E-state index in [0.29, 0.717) is 29.4 Å². The van der Waals surface area contributed by atoms with Crippen molar-refractivity contribution in [3.8, 4) is 28.6 Å². The predicted molar refractivity (Wildman–Crippen MR) is 172 cm³/mol. The molecule has 5 rings (SSSR count). The quantitative estimate of drug-likeness (QED) is 0.171. The summed E-state index contributed by atoms with van der Waals surface area (Å²) >= 11 is 1.16. The highest BCUT2D eigenvalue weighted by Crippen LogP contribution is 2.36. The first-order chi connectivity index (χ1) is 22.4. The van der Waals surface area contributed by atoms with Gasteiger partial charge in [0.15, 0.2) is 11.0 Å². The predicted octanol–water partition coefficient (Wildman–Crippen LogP) is 7.52. The molecule has 1 aromatic heterocycles. The van der Waals surface area contributed by atoms with Crippen LogP contribution in [-0.2, 0) is 16.0 Å². The van der Waals surface area contributed by atoms with Crippen LogP contribution in [0.1, 0.15) is 38.3 Å². The summed E-state index contributed by atoms with van der Waals surface area (Å²) in [6, 6.07) is 18.2. The van der Waals surface area contributed by atoms with Gasteiger partial charge in [0.2, 0.25) is 5.91 Å². The van der Waals surface area contributed by atoms with Gasteiger partial charge in [-0.2, -0.15) is 4.99 Å². The Labute approximate surface area is 273 Å². The van der Waals surface area contributed by atoms with Crippen LogP contribution in [-0.4, -0.2) is 56.3 Å². The number of ether oxygens (including phenoxy) is 3. The molecule has 1 saturated heterocycles. The van der Waals surface area contributed by atoms with Gasteiger partial charge in [0.25, 0.3) is 0 Å². The molecule has 4 aromatic rings. The van der Waals surface area contributed by atoms with Crippen molar-refractivity contribution in [2.75, 3.05) is 10.7 Å². The molecule has 47 heavy (non-hydrogen) atoms. The number of anilines is 1. The van der Waals surface area contributed by atoms with Gasteiger partial charge in [-0.3, -0.25) is 9.69 Å². The number of alkyl halides is 3. The van der Waals surface area contributed by atoms with Crippen LogP contribution in [0, 0.1) is 6.92 Å². The molecule has 0 bridgehead atoms. The van der Waals surface area contributed by atoms with Gasteiger partial charge in [-0.05, 0) is 74.7 Å². The van der Waals surface area contributed by atoms with Crippen LogP contribution >= 0.6 is 11.8 Å². The third-order valence-corrected chi connectivity index (χ3v) is 8.00. The highest BCUT2D eigenvalue weighted by atomic mass is 32.2. The molecular weight excluding hydrogens is 635 g/mol. The van der Waals surface area contributed by atoms with Crippen LogP contribution in [0.3, 0.4) is 0 Å². The number of aromatic nitrogens is 3. The molecule has 0 spiro atoms. The lowest BCUT2D eigenvalue weighted by atomic mass is 10.1. The monoisotopic (exact) mass is 667 g/mol. The minimum absolute atomic E-state index is 0.0631. The molecule has 1 aliphatic rings. The van der Waals surface area contributed by atoms with Crippen molar-refractivity contribution in [2.45, 2.75) is 59.1 Å².